The number of allylic oxidation sites excluding steroid dienone is 8. The first-order valence-electron chi connectivity index (χ1n) is 10.6. The van der Waals surface area contributed by atoms with Gasteiger partial charge in [0.15, 0.2) is 5.09 Å². The van der Waals surface area contributed by atoms with E-state index in [9.17, 15) is 4.79 Å². The number of aliphatic imine (C=N–C) groups is 1. The van der Waals surface area contributed by atoms with E-state index < -0.39 is 0 Å². The van der Waals surface area contributed by atoms with Gasteiger partial charge >= 0.3 is 0 Å². The molecule has 0 saturated heterocycles. The molecule has 0 aromatic carbocycles. The van der Waals surface area contributed by atoms with Crippen LogP contribution in [0.4, 0.5) is 0 Å². The Morgan fingerprint density at radius 3 is 2.68 bits per heavy atom. The molecular weight excluding hydrogens is 426 g/mol. The highest BCUT2D eigenvalue weighted by atomic mass is 32.2. The topological polar surface area (TPSA) is 63.1 Å². The van der Waals surface area contributed by atoms with Crippen molar-refractivity contribution in [2.75, 3.05) is 13.3 Å². The molecule has 1 rings (SSSR count). The second-order valence-electron chi connectivity index (χ2n) is 6.87. The Morgan fingerprint density at radius 2 is 2.00 bits per heavy atom. The molecule has 0 aromatic rings. The van der Waals surface area contributed by atoms with E-state index in [1.807, 2.05) is 12.3 Å². The van der Waals surface area contributed by atoms with Gasteiger partial charge in [-0.2, -0.15) is 0 Å². The Kier molecular flexibility index (Phi) is 15.4. The monoisotopic (exact) mass is 461 g/mol. The van der Waals surface area contributed by atoms with Gasteiger partial charge in [0.05, 0.1) is 6.21 Å². The molecule has 0 radical (unpaired) electrons. The molecule has 1 amide bonds. The van der Waals surface area contributed by atoms with Crippen molar-refractivity contribution in [1.29, 1.82) is 0 Å². The van der Waals surface area contributed by atoms with Crippen molar-refractivity contribution in [3.05, 3.63) is 58.3 Å². The number of hydrogen-bond donors (Lipinski definition) is 1. The van der Waals surface area contributed by atoms with Crippen LogP contribution in [0.3, 0.4) is 0 Å². The molecular formula is C24H35N3O2S2. The normalized spacial score (nSPS) is 16.3. The predicted octanol–water partition coefficient (Wildman–Crippen LogP) is 6.39. The highest BCUT2D eigenvalue weighted by molar-refractivity contribution is 8.06. The van der Waals surface area contributed by atoms with Gasteiger partial charge in [-0.15, -0.1) is 0 Å². The van der Waals surface area contributed by atoms with Crippen LogP contribution in [0.5, 0.6) is 0 Å². The number of carbonyl (C=O) groups excluding carboxylic acids is 1. The minimum Gasteiger partial charge on any atom is -0.449 e. The van der Waals surface area contributed by atoms with Crippen LogP contribution in [-0.2, 0) is 9.53 Å². The van der Waals surface area contributed by atoms with Crippen molar-refractivity contribution in [1.82, 2.24) is 5.32 Å². The lowest BCUT2D eigenvalue weighted by atomic mass is 10.3. The van der Waals surface area contributed by atoms with E-state index in [4.69, 9.17) is 4.74 Å². The number of nitrogens with zero attached hydrogens (tertiary/aromatic N) is 2. The fourth-order valence-electron chi connectivity index (χ4n) is 2.26. The molecule has 0 unspecified atom stereocenters. The number of amides is 1. The fourth-order valence-corrected chi connectivity index (χ4v) is 3.31. The second kappa shape index (κ2) is 17.7. The van der Waals surface area contributed by atoms with Crippen molar-refractivity contribution < 1.29 is 9.53 Å². The van der Waals surface area contributed by atoms with Gasteiger partial charge in [-0.05, 0) is 74.1 Å². The van der Waals surface area contributed by atoms with Crippen LogP contribution in [0.15, 0.2) is 67.7 Å². The Morgan fingerprint density at radius 1 is 1.19 bits per heavy atom. The molecule has 31 heavy (non-hydrogen) atoms. The summed E-state index contributed by atoms with van der Waals surface area (Å²) >= 11 is 3.04. The van der Waals surface area contributed by atoms with E-state index in [0.29, 0.717) is 11.8 Å². The van der Waals surface area contributed by atoms with Gasteiger partial charge in [0.1, 0.15) is 5.76 Å². The Balaban J connectivity index is 2.80. The number of nitrogens with one attached hydrogen (secondary N) is 1. The minimum absolute atomic E-state index is 0.0770. The summed E-state index contributed by atoms with van der Waals surface area (Å²) in [5.74, 6) is 0.509. The maximum Gasteiger partial charge on any atom is 0.244 e. The van der Waals surface area contributed by atoms with Gasteiger partial charge in [-0.3, -0.25) is 9.79 Å². The highest BCUT2D eigenvalue weighted by Crippen LogP contribution is 2.29. The zero-order chi connectivity index (χ0) is 22.7. The molecule has 1 fully saturated rings. The summed E-state index contributed by atoms with van der Waals surface area (Å²) in [6, 6.07) is 0.346. The third-order valence-electron chi connectivity index (χ3n) is 3.92. The SMILES string of the molecule is CCC/C=C(\C)S/C(=C/CC/C=C\C=NSC)O/C(C=NC)=C/C=C/C(=O)NC1CC1. The standard InChI is InChI=1S/C24H35N3O2S2/c1-5-6-12-20(2)31-24(15-9-7-8-10-18-26-30-4)29-22(19-25-3)13-11-14-23(28)27-21-16-17-21/h8,10-15,18-19,21H,5-7,9,16-17H2,1-4H3,(H,27,28)/b10-8-,14-11+,20-12+,22-13+,24-15+,25-19?,26-18?. The van der Waals surface area contributed by atoms with E-state index in [-0.39, 0.29) is 5.91 Å². The molecule has 7 heteroatoms. The van der Waals surface area contributed by atoms with E-state index in [1.165, 1.54) is 22.9 Å². The van der Waals surface area contributed by atoms with Gasteiger partial charge < -0.3 is 10.1 Å². The number of ether oxygens (including phenoxy) is 1. The lowest BCUT2D eigenvalue weighted by Gasteiger charge is -2.10. The van der Waals surface area contributed by atoms with Crippen molar-refractivity contribution in [3.63, 3.8) is 0 Å². The van der Waals surface area contributed by atoms with Crippen molar-refractivity contribution in [2.45, 2.75) is 58.4 Å². The van der Waals surface area contributed by atoms with E-state index in [2.05, 4.69) is 46.8 Å². The van der Waals surface area contributed by atoms with Crippen molar-refractivity contribution >= 4 is 42.0 Å². The third-order valence-corrected chi connectivity index (χ3v) is 5.19. The van der Waals surface area contributed by atoms with Crippen LogP contribution < -0.4 is 5.32 Å². The number of carbonyl (C=O) groups is 1. The average Bonchev–Trinajstić information content (AvgIpc) is 3.55. The van der Waals surface area contributed by atoms with Gasteiger partial charge in [0.25, 0.3) is 0 Å². The molecule has 0 aliphatic heterocycles. The first-order valence-corrected chi connectivity index (χ1v) is 12.6. The van der Waals surface area contributed by atoms with Crippen LogP contribution in [0.1, 0.15) is 52.4 Å². The lowest BCUT2D eigenvalue weighted by molar-refractivity contribution is -0.116. The van der Waals surface area contributed by atoms with Gasteiger partial charge in [-0.1, -0.05) is 43.3 Å². The van der Waals surface area contributed by atoms with Crippen LogP contribution in [-0.4, -0.2) is 37.7 Å². The smallest absolute Gasteiger partial charge is 0.244 e. The summed E-state index contributed by atoms with van der Waals surface area (Å²) in [7, 11) is 1.70. The molecule has 0 aromatic heterocycles. The number of unbranched alkanes of at least 4 members (excludes halogenated alkanes) is 2. The number of thioether (sulfide) groups is 1. The van der Waals surface area contributed by atoms with Crippen molar-refractivity contribution in [2.24, 2.45) is 9.39 Å². The maximum atomic E-state index is 11.8. The van der Waals surface area contributed by atoms with E-state index in [0.717, 1.165) is 43.6 Å². The molecule has 170 valence electrons. The van der Waals surface area contributed by atoms with E-state index >= 15 is 0 Å². The summed E-state index contributed by atoms with van der Waals surface area (Å²) in [6.07, 6.45) is 24.8. The number of hydrogen-bond acceptors (Lipinski definition) is 6. The van der Waals surface area contributed by atoms with Crippen LogP contribution in [0.25, 0.3) is 0 Å². The third kappa shape index (κ3) is 15.5. The summed E-state index contributed by atoms with van der Waals surface area (Å²) in [4.78, 5) is 17.1. The first kappa shape index (κ1) is 27.0. The van der Waals surface area contributed by atoms with Crippen LogP contribution in [0.2, 0.25) is 0 Å². The maximum absolute atomic E-state index is 11.8. The Hall–Kier alpha value is -1.99. The van der Waals surface area contributed by atoms with Crippen LogP contribution >= 0.6 is 23.7 Å². The van der Waals surface area contributed by atoms with Crippen molar-refractivity contribution in [3.8, 4) is 0 Å². The predicted molar refractivity (Wildman–Crippen MR) is 139 cm³/mol. The molecule has 0 heterocycles. The first-order chi connectivity index (χ1) is 15.1. The average molecular weight is 462 g/mol. The molecule has 0 bridgehead atoms. The highest BCUT2D eigenvalue weighted by Gasteiger charge is 2.21. The fraction of sp³-hybridized carbons (Fsp3) is 0.458. The zero-order valence-corrected chi connectivity index (χ0v) is 20.7. The zero-order valence-electron chi connectivity index (χ0n) is 19.0. The summed E-state index contributed by atoms with van der Waals surface area (Å²) in [6.45, 7) is 4.26. The second-order valence-corrected chi connectivity index (χ2v) is 8.70. The molecule has 1 N–H and O–H groups in total. The molecule has 5 nitrogen and oxygen atoms in total. The summed E-state index contributed by atoms with van der Waals surface area (Å²) < 4.78 is 10.2. The largest absolute Gasteiger partial charge is 0.449 e. The minimum atomic E-state index is -0.0770. The van der Waals surface area contributed by atoms with E-state index in [1.54, 1.807) is 43.4 Å². The Bertz CT molecular complexity index is 746. The van der Waals surface area contributed by atoms with Crippen LogP contribution in [0, 0.1) is 0 Å². The lowest BCUT2D eigenvalue weighted by Crippen LogP contribution is -2.22. The molecule has 1 aliphatic rings. The number of rotatable bonds is 15. The summed E-state index contributed by atoms with van der Waals surface area (Å²) in [5.41, 5.74) is 0. The molecule has 0 spiro atoms. The van der Waals surface area contributed by atoms with Gasteiger partial charge in [0, 0.05) is 31.6 Å². The quantitative estimate of drug-likeness (QED) is 0.0767. The van der Waals surface area contributed by atoms with Gasteiger partial charge in [-0.25, -0.2) is 4.40 Å². The van der Waals surface area contributed by atoms with Gasteiger partial charge in [0.2, 0.25) is 5.91 Å². The molecule has 1 aliphatic carbocycles. The molecule has 0 atom stereocenters. The Labute approximate surface area is 196 Å². The summed E-state index contributed by atoms with van der Waals surface area (Å²) in [5, 5.41) is 3.73. The molecule has 1 saturated carbocycles.